The minimum absolute atomic E-state index is 0.207. The lowest BCUT2D eigenvalue weighted by molar-refractivity contribution is 0.0981. The van der Waals surface area contributed by atoms with Crippen molar-refractivity contribution in [2.45, 2.75) is 26.7 Å². The molecule has 0 bridgehead atoms. The van der Waals surface area contributed by atoms with Gasteiger partial charge in [-0.05, 0) is 37.1 Å². The summed E-state index contributed by atoms with van der Waals surface area (Å²) in [5.74, 6) is 1.04. The number of hydrogen-bond acceptors (Lipinski definition) is 2. The highest BCUT2D eigenvalue weighted by Crippen LogP contribution is 2.19. The summed E-state index contributed by atoms with van der Waals surface area (Å²) in [6.07, 6.45) is 1.51. The molecular formula is C12H16O2. The summed E-state index contributed by atoms with van der Waals surface area (Å²) in [5.41, 5.74) is 1.79. The molecule has 0 saturated carbocycles. The summed E-state index contributed by atoms with van der Waals surface area (Å²) in [4.78, 5) is 11.6. The van der Waals surface area contributed by atoms with Crippen LogP contribution in [0.25, 0.3) is 0 Å². The van der Waals surface area contributed by atoms with Crippen molar-refractivity contribution in [3.63, 3.8) is 0 Å². The van der Waals surface area contributed by atoms with Gasteiger partial charge in [0.25, 0.3) is 0 Å². The first-order valence-electron chi connectivity index (χ1n) is 4.87. The van der Waals surface area contributed by atoms with Crippen LogP contribution in [-0.2, 0) is 0 Å². The Kier molecular flexibility index (Phi) is 3.69. The van der Waals surface area contributed by atoms with Crippen molar-refractivity contribution in [1.29, 1.82) is 0 Å². The molecular weight excluding hydrogens is 176 g/mol. The molecule has 0 aliphatic carbocycles. The molecule has 0 N–H and O–H groups in total. The highest BCUT2D eigenvalue weighted by atomic mass is 16.5. The van der Waals surface area contributed by atoms with E-state index in [1.165, 1.54) is 0 Å². The Bertz CT molecular complexity index is 329. The van der Waals surface area contributed by atoms with Gasteiger partial charge in [-0.25, -0.2) is 0 Å². The second-order valence-corrected chi connectivity index (χ2v) is 3.36. The summed E-state index contributed by atoms with van der Waals surface area (Å²) in [6, 6.07) is 5.55. The summed E-state index contributed by atoms with van der Waals surface area (Å²) in [6.45, 7) is 3.95. The van der Waals surface area contributed by atoms with Gasteiger partial charge in [0, 0.05) is 12.0 Å². The van der Waals surface area contributed by atoms with Crippen LogP contribution in [0, 0.1) is 6.92 Å². The van der Waals surface area contributed by atoms with Crippen molar-refractivity contribution < 1.29 is 9.53 Å². The third-order valence-electron chi connectivity index (χ3n) is 2.19. The highest BCUT2D eigenvalue weighted by Gasteiger charge is 2.06. The van der Waals surface area contributed by atoms with Crippen molar-refractivity contribution in [2.75, 3.05) is 7.11 Å². The Balaban J connectivity index is 2.91. The van der Waals surface area contributed by atoms with Gasteiger partial charge in [-0.1, -0.05) is 6.92 Å². The average molecular weight is 192 g/mol. The van der Waals surface area contributed by atoms with E-state index in [9.17, 15) is 4.79 Å². The molecule has 0 aromatic heterocycles. The lowest BCUT2D eigenvalue weighted by Crippen LogP contribution is -1.99. The van der Waals surface area contributed by atoms with Crippen molar-refractivity contribution >= 4 is 5.78 Å². The van der Waals surface area contributed by atoms with Crippen LogP contribution in [0.15, 0.2) is 18.2 Å². The van der Waals surface area contributed by atoms with Gasteiger partial charge in [0.2, 0.25) is 0 Å². The quantitative estimate of drug-likeness (QED) is 0.685. The van der Waals surface area contributed by atoms with Crippen LogP contribution in [0.2, 0.25) is 0 Å². The number of ether oxygens (including phenoxy) is 1. The maximum atomic E-state index is 11.6. The highest BCUT2D eigenvalue weighted by molar-refractivity contribution is 5.96. The summed E-state index contributed by atoms with van der Waals surface area (Å²) < 4.78 is 5.13. The number of carbonyl (C=O) groups is 1. The fraction of sp³-hybridized carbons (Fsp3) is 0.417. The maximum absolute atomic E-state index is 11.6. The van der Waals surface area contributed by atoms with Gasteiger partial charge in [0.05, 0.1) is 7.11 Å². The average Bonchev–Trinajstić information content (AvgIpc) is 2.18. The van der Waals surface area contributed by atoms with E-state index < -0.39 is 0 Å². The smallest absolute Gasteiger partial charge is 0.162 e. The SMILES string of the molecule is CCCC(=O)c1ccc(OC)c(C)c1. The van der Waals surface area contributed by atoms with E-state index in [4.69, 9.17) is 4.74 Å². The van der Waals surface area contributed by atoms with Crippen LogP contribution < -0.4 is 4.74 Å². The monoisotopic (exact) mass is 192 g/mol. The van der Waals surface area contributed by atoms with E-state index >= 15 is 0 Å². The van der Waals surface area contributed by atoms with Crippen molar-refractivity contribution in [3.8, 4) is 5.75 Å². The number of rotatable bonds is 4. The molecule has 0 aliphatic heterocycles. The minimum Gasteiger partial charge on any atom is -0.496 e. The number of hydrogen-bond donors (Lipinski definition) is 0. The fourth-order valence-corrected chi connectivity index (χ4v) is 1.42. The largest absolute Gasteiger partial charge is 0.496 e. The van der Waals surface area contributed by atoms with Gasteiger partial charge < -0.3 is 4.74 Å². The molecule has 0 amide bonds. The zero-order chi connectivity index (χ0) is 10.6. The fourth-order valence-electron chi connectivity index (χ4n) is 1.42. The molecule has 0 saturated heterocycles. The van der Waals surface area contributed by atoms with E-state index in [2.05, 4.69) is 0 Å². The summed E-state index contributed by atoms with van der Waals surface area (Å²) >= 11 is 0. The molecule has 0 fully saturated rings. The van der Waals surface area contributed by atoms with E-state index in [1.54, 1.807) is 7.11 Å². The molecule has 2 nitrogen and oxygen atoms in total. The van der Waals surface area contributed by atoms with Gasteiger partial charge in [-0.15, -0.1) is 0 Å². The van der Waals surface area contributed by atoms with Crippen LogP contribution in [0.3, 0.4) is 0 Å². The van der Waals surface area contributed by atoms with Crippen LogP contribution in [0.1, 0.15) is 35.7 Å². The first kappa shape index (κ1) is 10.8. The Morgan fingerprint density at radius 3 is 2.64 bits per heavy atom. The maximum Gasteiger partial charge on any atom is 0.162 e. The summed E-state index contributed by atoms with van der Waals surface area (Å²) in [5, 5.41) is 0. The first-order valence-corrected chi connectivity index (χ1v) is 4.87. The standard InChI is InChI=1S/C12H16O2/c1-4-5-11(13)10-6-7-12(14-3)9(2)8-10/h6-8H,4-5H2,1-3H3. The summed E-state index contributed by atoms with van der Waals surface area (Å²) in [7, 11) is 1.63. The number of benzene rings is 1. The predicted molar refractivity (Wildman–Crippen MR) is 57.0 cm³/mol. The molecule has 0 spiro atoms. The van der Waals surface area contributed by atoms with E-state index in [0.29, 0.717) is 6.42 Å². The molecule has 1 rings (SSSR count). The van der Waals surface area contributed by atoms with E-state index in [-0.39, 0.29) is 5.78 Å². The lowest BCUT2D eigenvalue weighted by atomic mass is 10.0. The topological polar surface area (TPSA) is 26.3 Å². The molecule has 14 heavy (non-hydrogen) atoms. The van der Waals surface area contributed by atoms with Crippen molar-refractivity contribution in [3.05, 3.63) is 29.3 Å². The molecule has 0 atom stereocenters. The van der Waals surface area contributed by atoms with Crippen molar-refractivity contribution in [1.82, 2.24) is 0 Å². The van der Waals surface area contributed by atoms with Crippen molar-refractivity contribution in [2.24, 2.45) is 0 Å². The number of Topliss-reactive ketones (excluding diaryl/α,β-unsaturated/α-hetero) is 1. The molecule has 1 aromatic carbocycles. The van der Waals surface area contributed by atoms with E-state index in [0.717, 1.165) is 23.3 Å². The molecule has 0 unspecified atom stereocenters. The second-order valence-electron chi connectivity index (χ2n) is 3.36. The van der Waals surface area contributed by atoms with Gasteiger partial charge in [-0.3, -0.25) is 4.79 Å². The number of ketones is 1. The number of carbonyl (C=O) groups excluding carboxylic acids is 1. The zero-order valence-electron chi connectivity index (χ0n) is 8.96. The Morgan fingerprint density at radius 2 is 2.14 bits per heavy atom. The Hall–Kier alpha value is -1.31. The zero-order valence-corrected chi connectivity index (χ0v) is 8.96. The second kappa shape index (κ2) is 4.80. The lowest BCUT2D eigenvalue weighted by Gasteiger charge is -2.06. The number of methoxy groups -OCH3 is 1. The molecule has 0 radical (unpaired) electrons. The Morgan fingerprint density at radius 1 is 1.43 bits per heavy atom. The number of aryl methyl sites for hydroxylation is 1. The van der Waals surface area contributed by atoms with E-state index in [1.807, 2.05) is 32.0 Å². The third kappa shape index (κ3) is 2.34. The van der Waals surface area contributed by atoms with Gasteiger partial charge in [0.15, 0.2) is 5.78 Å². The predicted octanol–water partition coefficient (Wildman–Crippen LogP) is 2.99. The van der Waals surface area contributed by atoms with Gasteiger partial charge >= 0.3 is 0 Å². The molecule has 1 aromatic rings. The molecule has 76 valence electrons. The molecule has 2 heteroatoms. The third-order valence-corrected chi connectivity index (χ3v) is 2.19. The molecule has 0 aliphatic rings. The van der Waals surface area contributed by atoms with Gasteiger partial charge in [-0.2, -0.15) is 0 Å². The van der Waals surface area contributed by atoms with Crippen LogP contribution in [-0.4, -0.2) is 12.9 Å². The first-order chi connectivity index (χ1) is 6.69. The van der Waals surface area contributed by atoms with Crippen LogP contribution in [0.4, 0.5) is 0 Å². The molecule has 0 heterocycles. The normalized spacial score (nSPS) is 9.93. The van der Waals surface area contributed by atoms with Gasteiger partial charge in [0.1, 0.15) is 5.75 Å². The Labute approximate surface area is 84.9 Å². The van der Waals surface area contributed by atoms with Crippen LogP contribution >= 0.6 is 0 Å². The van der Waals surface area contributed by atoms with Crippen LogP contribution in [0.5, 0.6) is 5.75 Å². The minimum atomic E-state index is 0.207.